The van der Waals surface area contributed by atoms with Crippen LogP contribution in [0.5, 0.6) is 0 Å². The van der Waals surface area contributed by atoms with E-state index in [1.54, 1.807) is 11.3 Å². The van der Waals surface area contributed by atoms with Crippen LogP contribution in [0.3, 0.4) is 0 Å². The van der Waals surface area contributed by atoms with Crippen LogP contribution in [0.25, 0.3) is 0 Å². The molecule has 0 saturated heterocycles. The highest BCUT2D eigenvalue weighted by molar-refractivity contribution is 7.09. The largest absolute Gasteiger partial charge is 0.319 e. The first-order valence-electron chi connectivity index (χ1n) is 7.07. The number of thiazole rings is 1. The molecule has 0 aromatic carbocycles. The van der Waals surface area contributed by atoms with Gasteiger partial charge >= 0.3 is 0 Å². The average Bonchev–Trinajstić information content (AvgIpc) is 2.71. The minimum absolute atomic E-state index is 0.175. The molecule has 0 spiro atoms. The molecular weight excluding hydrogens is 240 g/mol. The molecule has 1 aromatic heterocycles. The molecule has 102 valence electrons. The summed E-state index contributed by atoms with van der Waals surface area (Å²) in [5, 5.41) is 3.34. The molecule has 1 atom stereocenters. The van der Waals surface area contributed by atoms with Gasteiger partial charge in [0.15, 0.2) is 0 Å². The molecule has 1 aliphatic carbocycles. The topological polar surface area (TPSA) is 38.9 Å². The highest BCUT2D eigenvalue weighted by Gasteiger charge is 2.36. The Balaban J connectivity index is 2.19. The first-order valence-corrected chi connectivity index (χ1v) is 7.95. The second kappa shape index (κ2) is 4.93. The number of hydrogen-bond donors (Lipinski definition) is 1. The smallest absolute Gasteiger partial charge is 0.113 e. The van der Waals surface area contributed by atoms with E-state index in [-0.39, 0.29) is 5.54 Å². The molecule has 1 aliphatic rings. The van der Waals surface area contributed by atoms with Crippen molar-refractivity contribution in [2.75, 3.05) is 0 Å². The van der Waals surface area contributed by atoms with Gasteiger partial charge in [0.1, 0.15) is 5.01 Å². The monoisotopic (exact) mass is 266 g/mol. The van der Waals surface area contributed by atoms with Crippen LogP contribution in [0.2, 0.25) is 0 Å². The first kappa shape index (κ1) is 14.0. The van der Waals surface area contributed by atoms with Crippen LogP contribution in [-0.2, 0) is 5.54 Å². The Labute approximate surface area is 115 Å². The van der Waals surface area contributed by atoms with Gasteiger partial charge in [-0.25, -0.2) is 4.98 Å². The molecule has 1 unspecified atom stereocenters. The standard InChI is InChI=1S/C15H26N2S/c1-11(2)12-10-18-13(17-12)15(16)7-5-6-14(3,4)8-9-15/h10-11H,5-9,16H2,1-4H3. The number of nitrogens with zero attached hydrogens (tertiary/aromatic N) is 1. The second-order valence-corrected chi connectivity index (χ2v) is 7.76. The van der Waals surface area contributed by atoms with Gasteiger partial charge in [-0.2, -0.15) is 0 Å². The van der Waals surface area contributed by atoms with Crippen molar-refractivity contribution in [2.24, 2.45) is 11.1 Å². The molecule has 2 N–H and O–H groups in total. The second-order valence-electron chi connectivity index (χ2n) is 6.91. The lowest BCUT2D eigenvalue weighted by molar-refractivity contribution is 0.299. The summed E-state index contributed by atoms with van der Waals surface area (Å²) in [6.45, 7) is 9.11. The van der Waals surface area contributed by atoms with Crippen molar-refractivity contribution in [1.29, 1.82) is 0 Å². The Hall–Kier alpha value is -0.410. The summed E-state index contributed by atoms with van der Waals surface area (Å²) in [6, 6.07) is 0. The van der Waals surface area contributed by atoms with Gasteiger partial charge < -0.3 is 5.73 Å². The van der Waals surface area contributed by atoms with E-state index >= 15 is 0 Å². The van der Waals surface area contributed by atoms with Crippen LogP contribution in [0, 0.1) is 5.41 Å². The summed E-state index contributed by atoms with van der Waals surface area (Å²) >= 11 is 1.76. The van der Waals surface area contributed by atoms with Crippen molar-refractivity contribution in [3.63, 3.8) is 0 Å². The van der Waals surface area contributed by atoms with Crippen LogP contribution in [0.15, 0.2) is 5.38 Å². The zero-order valence-electron chi connectivity index (χ0n) is 12.1. The van der Waals surface area contributed by atoms with Crippen LogP contribution >= 0.6 is 11.3 Å². The van der Waals surface area contributed by atoms with Gasteiger partial charge in [-0.05, 0) is 37.0 Å². The van der Waals surface area contributed by atoms with Crippen molar-refractivity contribution in [2.45, 2.75) is 71.3 Å². The zero-order valence-corrected chi connectivity index (χ0v) is 12.9. The minimum Gasteiger partial charge on any atom is -0.319 e. The van der Waals surface area contributed by atoms with E-state index < -0.39 is 0 Å². The Morgan fingerprint density at radius 1 is 1.22 bits per heavy atom. The lowest BCUT2D eigenvalue weighted by atomic mass is 9.84. The summed E-state index contributed by atoms with van der Waals surface area (Å²) in [5.41, 5.74) is 8.13. The molecule has 1 aromatic rings. The van der Waals surface area contributed by atoms with E-state index in [1.165, 1.54) is 25.0 Å². The fourth-order valence-electron chi connectivity index (χ4n) is 2.69. The van der Waals surface area contributed by atoms with Crippen molar-refractivity contribution in [3.05, 3.63) is 16.1 Å². The van der Waals surface area contributed by atoms with Gasteiger partial charge in [-0.3, -0.25) is 0 Å². The fourth-order valence-corrected chi connectivity index (χ4v) is 3.84. The Morgan fingerprint density at radius 3 is 2.56 bits per heavy atom. The fraction of sp³-hybridized carbons (Fsp3) is 0.800. The molecule has 0 amide bonds. The van der Waals surface area contributed by atoms with Gasteiger partial charge in [0.2, 0.25) is 0 Å². The number of nitrogens with two attached hydrogens (primary N) is 1. The molecule has 1 heterocycles. The van der Waals surface area contributed by atoms with Gasteiger partial charge in [0.25, 0.3) is 0 Å². The van der Waals surface area contributed by atoms with Gasteiger partial charge in [0, 0.05) is 5.38 Å². The first-order chi connectivity index (χ1) is 8.32. The van der Waals surface area contributed by atoms with E-state index in [2.05, 4.69) is 33.1 Å². The van der Waals surface area contributed by atoms with Crippen molar-refractivity contribution in [1.82, 2.24) is 4.98 Å². The molecule has 0 aliphatic heterocycles. The molecule has 2 rings (SSSR count). The van der Waals surface area contributed by atoms with E-state index in [9.17, 15) is 0 Å². The summed E-state index contributed by atoms with van der Waals surface area (Å²) in [7, 11) is 0. The molecule has 2 nitrogen and oxygen atoms in total. The summed E-state index contributed by atoms with van der Waals surface area (Å²) in [4.78, 5) is 4.79. The maximum Gasteiger partial charge on any atom is 0.113 e. The van der Waals surface area contributed by atoms with E-state index in [0.29, 0.717) is 11.3 Å². The van der Waals surface area contributed by atoms with Gasteiger partial charge in [-0.15, -0.1) is 11.3 Å². The SMILES string of the molecule is CC(C)c1csc(C2(N)CCCC(C)(C)CC2)n1. The van der Waals surface area contributed by atoms with Crippen molar-refractivity contribution in [3.8, 4) is 0 Å². The lowest BCUT2D eigenvalue weighted by Crippen LogP contribution is -2.36. The molecule has 0 radical (unpaired) electrons. The molecule has 3 heteroatoms. The maximum atomic E-state index is 6.66. The van der Waals surface area contributed by atoms with Crippen LogP contribution in [-0.4, -0.2) is 4.98 Å². The summed E-state index contributed by atoms with van der Waals surface area (Å²) in [6.07, 6.45) is 5.88. The lowest BCUT2D eigenvalue weighted by Gasteiger charge is -2.27. The predicted molar refractivity (Wildman–Crippen MR) is 78.9 cm³/mol. The Morgan fingerprint density at radius 2 is 1.94 bits per heavy atom. The maximum absolute atomic E-state index is 6.66. The molecule has 0 bridgehead atoms. The Bertz CT molecular complexity index is 408. The summed E-state index contributed by atoms with van der Waals surface area (Å²) in [5.74, 6) is 0.501. The highest BCUT2D eigenvalue weighted by atomic mass is 32.1. The molecule has 1 fully saturated rings. The summed E-state index contributed by atoms with van der Waals surface area (Å²) < 4.78 is 0. The van der Waals surface area contributed by atoms with E-state index in [1.807, 2.05) is 0 Å². The zero-order chi connectivity index (χ0) is 13.4. The Kier molecular flexibility index (Phi) is 3.84. The third kappa shape index (κ3) is 2.94. The minimum atomic E-state index is -0.175. The quantitative estimate of drug-likeness (QED) is 0.805. The number of aromatic nitrogens is 1. The van der Waals surface area contributed by atoms with E-state index in [4.69, 9.17) is 10.7 Å². The molecule has 1 saturated carbocycles. The van der Waals surface area contributed by atoms with Crippen LogP contribution in [0.1, 0.15) is 76.4 Å². The highest BCUT2D eigenvalue weighted by Crippen LogP contribution is 2.42. The normalized spacial score (nSPS) is 28.3. The number of rotatable bonds is 2. The number of hydrogen-bond acceptors (Lipinski definition) is 3. The third-order valence-electron chi connectivity index (χ3n) is 4.26. The van der Waals surface area contributed by atoms with Crippen LogP contribution in [0.4, 0.5) is 0 Å². The average molecular weight is 266 g/mol. The molecular formula is C15H26N2S. The van der Waals surface area contributed by atoms with Crippen molar-refractivity contribution < 1.29 is 0 Å². The van der Waals surface area contributed by atoms with Crippen molar-refractivity contribution >= 4 is 11.3 Å². The molecule has 18 heavy (non-hydrogen) atoms. The van der Waals surface area contributed by atoms with Crippen LogP contribution < -0.4 is 5.73 Å². The van der Waals surface area contributed by atoms with Gasteiger partial charge in [-0.1, -0.05) is 34.1 Å². The van der Waals surface area contributed by atoms with E-state index in [0.717, 1.165) is 17.8 Å². The predicted octanol–water partition coefficient (Wildman–Crippen LogP) is 4.41. The van der Waals surface area contributed by atoms with Gasteiger partial charge in [0.05, 0.1) is 11.2 Å². The third-order valence-corrected chi connectivity index (χ3v) is 5.34.